The standard InChI is InChI=1S/C15H29BrO/c1-12-7-8-13(14(16)11-12)15(2,3)9-5-6-10-17-4/h12-14H,5-11H2,1-4H3. The van der Waals surface area contributed by atoms with E-state index in [-0.39, 0.29) is 0 Å². The fourth-order valence-corrected chi connectivity index (χ4v) is 4.82. The highest BCUT2D eigenvalue weighted by Gasteiger charge is 2.37. The van der Waals surface area contributed by atoms with E-state index in [1.165, 1.54) is 38.5 Å². The molecule has 1 aliphatic carbocycles. The highest BCUT2D eigenvalue weighted by Crippen LogP contribution is 2.45. The summed E-state index contributed by atoms with van der Waals surface area (Å²) >= 11 is 3.93. The van der Waals surface area contributed by atoms with E-state index < -0.39 is 0 Å². The zero-order chi connectivity index (χ0) is 12.9. The summed E-state index contributed by atoms with van der Waals surface area (Å²) in [4.78, 5) is 0.726. The number of rotatable bonds is 6. The van der Waals surface area contributed by atoms with Gasteiger partial charge in [0.15, 0.2) is 0 Å². The smallest absolute Gasteiger partial charge is 0.0462 e. The van der Waals surface area contributed by atoms with E-state index in [0.717, 1.165) is 23.3 Å². The fraction of sp³-hybridized carbons (Fsp3) is 1.00. The third-order valence-corrected chi connectivity index (χ3v) is 5.47. The molecule has 0 N–H and O–H groups in total. The Morgan fingerprint density at radius 2 is 1.94 bits per heavy atom. The second-order valence-electron chi connectivity index (χ2n) is 6.48. The van der Waals surface area contributed by atoms with E-state index >= 15 is 0 Å². The lowest BCUT2D eigenvalue weighted by Crippen LogP contribution is -2.35. The van der Waals surface area contributed by atoms with Crippen LogP contribution in [-0.4, -0.2) is 18.5 Å². The topological polar surface area (TPSA) is 9.23 Å². The van der Waals surface area contributed by atoms with Crippen molar-refractivity contribution in [3.8, 4) is 0 Å². The third-order valence-electron chi connectivity index (χ3n) is 4.46. The van der Waals surface area contributed by atoms with E-state index in [2.05, 4.69) is 36.7 Å². The van der Waals surface area contributed by atoms with Gasteiger partial charge in [0, 0.05) is 18.5 Å². The van der Waals surface area contributed by atoms with Crippen molar-refractivity contribution in [3.63, 3.8) is 0 Å². The maximum absolute atomic E-state index is 5.13. The van der Waals surface area contributed by atoms with Crippen molar-refractivity contribution in [3.05, 3.63) is 0 Å². The number of ether oxygens (including phenoxy) is 1. The molecule has 1 rings (SSSR count). The van der Waals surface area contributed by atoms with Crippen molar-refractivity contribution in [1.29, 1.82) is 0 Å². The largest absolute Gasteiger partial charge is 0.385 e. The van der Waals surface area contributed by atoms with Gasteiger partial charge in [0.2, 0.25) is 0 Å². The molecular weight excluding hydrogens is 276 g/mol. The van der Waals surface area contributed by atoms with Crippen LogP contribution in [0.5, 0.6) is 0 Å². The van der Waals surface area contributed by atoms with Crippen LogP contribution >= 0.6 is 15.9 Å². The lowest BCUT2D eigenvalue weighted by atomic mass is 9.67. The summed E-state index contributed by atoms with van der Waals surface area (Å²) < 4.78 is 5.13. The quantitative estimate of drug-likeness (QED) is 0.494. The monoisotopic (exact) mass is 304 g/mol. The molecule has 0 aliphatic heterocycles. The molecule has 17 heavy (non-hydrogen) atoms. The first-order valence-electron chi connectivity index (χ1n) is 7.10. The summed E-state index contributed by atoms with van der Waals surface area (Å²) in [6.45, 7) is 8.20. The molecule has 3 atom stereocenters. The number of unbranched alkanes of at least 4 members (excludes halogenated alkanes) is 1. The lowest BCUT2D eigenvalue weighted by molar-refractivity contribution is 0.126. The first kappa shape index (κ1) is 15.5. The summed E-state index contributed by atoms with van der Waals surface area (Å²) in [6, 6.07) is 0. The van der Waals surface area contributed by atoms with Crippen LogP contribution in [0.1, 0.15) is 59.3 Å². The highest BCUT2D eigenvalue weighted by atomic mass is 79.9. The van der Waals surface area contributed by atoms with Crippen LogP contribution in [0.3, 0.4) is 0 Å². The van der Waals surface area contributed by atoms with Crippen molar-refractivity contribution in [2.75, 3.05) is 13.7 Å². The van der Waals surface area contributed by atoms with Crippen LogP contribution in [0, 0.1) is 17.3 Å². The van der Waals surface area contributed by atoms with Crippen molar-refractivity contribution in [1.82, 2.24) is 0 Å². The van der Waals surface area contributed by atoms with Gasteiger partial charge in [-0.05, 0) is 42.9 Å². The SMILES string of the molecule is COCCCCC(C)(C)C1CCC(C)CC1Br. The molecule has 0 spiro atoms. The molecule has 0 aromatic carbocycles. The van der Waals surface area contributed by atoms with Gasteiger partial charge in [0.25, 0.3) is 0 Å². The van der Waals surface area contributed by atoms with Crippen molar-refractivity contribution in [2.45, 2.75) is 64.1 Å². The Labute approximate surface area is 116 Å². The van der Waals surface area contributed by atoms with Gasteiger partial charge >= 0.3 is 0 Å². The average molecular weight is 305 g/mol. The molecule has 0 amide bonds. The summed E-state index contributed by atoms with van der Waals surface area (Å²) in [5.74, 6) is 1.75. The molecule has 3 unspecified atom stereocenters. The van der Waals surface area contributed by atoms with Crippen molar-refractivity contribution < 1.29 is 4.74 Å². The summed E-state index contributed by atoms with van der Waals surface area (Å²) in [5.41, 5.74) is 0.474. The Kier molecular flexibility index (Phi) is 6.50. The van der Waals surface area contributed by atoms with E-state index in [4.69, 9.17) is 4.74 Å². The lowest BCUT2D eigenvalue weighted by Gasteiger charge is -2.42. The molecule has 102 valence electrons. The molecule has 1 saturated carbocycles. The molecule has 0 bridgehead atoms. The van der Waals surface area contributed by atoms with Gasteiger partial charge in [-0.1, -0.05) is 49.5 Å². The maximum Gasteiger partial charge on any atom is 0.0462 e. The Hall–Kier alpha value is 0.440. The van der Waals surface area contributed by atoms with Crippen LogP contribution < -0.4 is 0 Å². The Morgan fingerprint density at radius 3 is 2.53 bits per heavy atom. The van der Waals surface area contributed by atoms with Gasteiger partial charge in [0.1, 0.15) is 0 Å². The van der Waals surface area contributed by atoms with E-state index in [0.29, 0.717) is 5.41 Å². The second-order valence-corrected chi connectivity index (χ2v) is 7.66. The van der Waals surface area contributed by atoms with Crippen LogP contribution in [0.2, 0.25) is 0 Å². The van der Waals surface area contributed by atoms with Crippen LogP contribution in [0.15, 0.2) is 0 Å². The number of hydrogen-bond donors (Lipinski definition) is 0. The first-order chi connectivity index (χ1) is 7.97. The molecular formula is C15H29BrO. The fourth-order valence-electron chi connectivity index (χ4n) is 3.20. The predicted molar refractivity (Wildman–Crippen MR) is 78.7 cm³/mol. The van der Waals surface area contributed by atoms with Crippen molar-refractivity contribution in [2.24, 2.45) is 17.3 Å². The van der Waals surface area contributed by atoms with Gasteiger partial charge in [-0.2, -0.15) is 0 Å². The van der Waals surface area contributed by atoms with Crippen LogP contribution in [-0.2, 0) is 4.74 Å². The van der Waals surface area contributed by atoms with Crippen LogP contribution in [0.4, 0.5) is 0 Å². The molecule has 1 fully saturated rings. The van der Waals surface area contributed by atoms with Gasteiger partial charge in [-0.3, -0.25) is 0 Å². The Morgan fingerprint density at radius 1 is 1.24 bits per heavy atom. The van der Waals surface area contributed by atoms with Gasteiger partial charge in [0.05, 0.1) is 0 Å². The van der Waals surface area contributed by atoms with E-state index in [9.17, 15) is 0 Å². The number of alkyl halides is 1. The highest BCUT2D eigenvalue weighted by molar-refractivity contribution is 9.09. The molecule has 2 heteroatoms. The summed E-state index contributed by atoms with van der Waals surface area (Å²) in [5, 5.41) is 0. The first-order valence-corrected chi connectivity index (χ1v) is 8.02. The Bertz CT molecular complexity index is 215. The van der Waals surface area contributed by atoms with E-state index in [1.54, 1.807) is 7.11 Å². The van der Waals surface area contributed by atoms with Crippen LogP contribution in [0.25, 0.3) is 0 Å². The minimum Gasteiger partial charge on any atom is -0.385 e. The maximum atomic E-state index is 5.13. The number of hydrogen-bond acceptors (Lipinski definition) is 1. The van der Waals surface area contributed by atoms with Crippen molar-refractivity contribution >= 4 is 15.9 Å². The molecule has 0 aromatic rings. The van der Waals surface area contributed by atoms with E-state index in [1.807, 2.05) is 0 Å². The zero-order valence-electron chi connectivity index (χ0n) is 12.0. The van der Waals surface area contributed by atoms with Gasteiger partial charge in [-0.15, -0.1) is 0 Å². The zero-order valence-corrected chi connectivity index (χ0v) is 13.6. The molecule has 1 nitrogen and oxygen atoms in total. The summed E-state index contributed by atoms with van der Waals surface area (Å²) in [7, 11) is 1.79. The second kappa shape index (κ2) is 7.13. The average Bonchev–Trinajstić information content (AvgIpc) is 2.24. The molecule has 0 radical (unpaired) electrons. The summed E-state index contributed by atoms with van der Waals surface area (Å²) in [6.07, 6.45) is 7.99. The predicted octanol–water partition coefficient (Wildman–Crippen LogP) is 5.03. The Balaban J connectivity index is 2.40. The van der Waals surface area contributed by atoms with Gasteiger partial charge in [-0.25, -0.2) is 0 Å². The number of methoxy groups -OCH3 is 1. The minimum atomic E-state index is 0.474. The molecule has 0 heterocycles. The normalized spacial score (nSPS) is 30.5. The molecule has 0 aromatic heterocycles. The third kappa shape index (κ3) is 4.90. The molecule has 0 saturated heterocycles. The van der Waals surface area contributed by atoms with Gasteiger partial charge < -0.3 is 4.74 Å². The number of halogens is 1. The molecule has 1 aliphatic rings. The minimum absolute atomic E-state index is 0.474.